The molecule has 2 N–H and O–H groups in total. The summed E-state index contributed by atoms with van der Waals surface area (Å²) in [6.07, 6.45) is 0. The van der Waals surface area contributed by atoms with Gasteiger partial charge < -0.3 is 5.11 Å². The van der Waals surface area contributed by atoms with Crippen LogP contribution in [0.2, 0.25) is 0 Å². The molecule has 1 atom stereocenters. The highest BCUT2D eigenvalue weighted by atomic mass is 32.2. The van der Waals surface area contributed by atoms with E-state index in [1.165, 1.54) is 17.4 Å². The molecule has 104 valence electrons. The molecule has 0 aromatic carbocycles. The third-order valence-corrected chi connectivity index (χ3v) is 5.63. The highest BCUT2D eigenvalue weighted by molar-refractivity contribution is 7.89. The Labute approximate surface area is 113 Å². The van der Waals surface area contributed by atoms with Crippen LogP contribution in [0.4, 0.5) is 0 Å². The van der Waals surface area contributed by atoms with Crippen molar-refractivity contribution in [3.8, 4) is 0 Å². The Morgan fingerprint density at radius 1 is 1.44 bits per heavy atom. The SMILES string of the molecule is CC(CNS(=O)(=O)c1csc(CO)c1)C(C)(C)C. The van der Waals surface area contributed by atoms with Crippen molar-refractivity contribution in [3.63, 3.8) is 0 Å². The van der Waals surface area contributed by atoms with Crippen molar-refractivity contribution < 1.29 is 13.5 Å². The van der Waals surface area contributed by atoms with Crippen LogP contribution in [0, 0.1) is 11.3 Å². The van der Waals surface area contributed by atoms with E-state index in [1.807, 2.05) is 6.92 Å². The normalized spacial score (nSPS) is 14.7. The summed E-state index contributed by atoms with van der Waals surface area (Å²) in [7, 11) is -3.46. The molecule has 4 nitrogen and oxygen atoms in total. The second-order valence-corrected chi connectivity index (χ2v) is 8.29. The zero-order valence-corrected chi connectivity index (χ0v) is 12.9. The lowest BCUT2D eigenvalue weighted by Gasteiger charge is -2.27. The van der Waals surface area contributed by atoms with E-state index in [1.54, 1.807) is 5.38 Å². The molecule has 0 radical (unpaired) electrons. The van der Waals surface area contributed by atoms with Gasteiger partial charge in [0, 0.05) is 16.8 Å². The van der Waals surface area contributed by atoms with E-state index in [-0.39, 0.29) is 22.8 Å². The lowest BCUT2D eigenvalue weighted by molar-refractivity contribution is 0.263. The van der Waals surface area contributed by atoms with Gasteiger partial charge in [-0.1, -0.05) is 27.7 Å². The van der Waals surface area contributed by atoms with Crippen LogP contribution in [0.5, 0.6) is 0 Å². The average molecular weight is 291 g/mol. The van der Waals surface area contributed by atoms with E-state index in [4.69, 9.17) is 5.11 Å². The van der Waals surface area contributed by atoms with Gasteiger partial charge in [0.15, 0.2) is 0 Å². The summed E-state index contributed by atoms with van der Waals surface area (Å²) < 4.78 is 26.6. The molecule has 1 heterocycles. The second-order valence-electron chi connectivity index (χ2n) is 5.53. The van der Waals surface area contributed by atoms with Crippen molar-refractivity contribution in [1.29, 1.82) is 0 Å². The molecule has 0 saturated carbocycles. The molecule has 0 aliphatic heterocycles. The number of aliphatic hydroxyl groups is 1. The van der Waals surface area contributed by atoms with Crippen LogP contribution >= 0.6 is 11.3 Å². The van der Waals surface area contributed by atoms with Gasteiger partial charge in [0.05, 0.1) is 11.5 Å². The standard InChI is InChI=1S/C12H21NO3S2/c1-9(12(2,3)4)6-13-18(15,16)11-5-10(7-14)17-8-11/h5,8-9,13-14H,6-7H2,1-4H3. The van der Waals surface area contributed by atoms with Gasteiger partial charge in [0.1, 0.15) is 0 Å². The summed E-state index contributed by atoms with van der Waals surface area (Å²) in [5, 5.41) is 10.5. The van der Waals surface area contributed by atoms with Crippen molar-refractivity contribution in [2.75, 3.05) is 6.54 Å². The van der Waals surface area contributed by atoms with Crippen LogP contribution in [-0.4, -0.2) is 20.1 Å². The first-order chi connectivity index (χ1) is 8.16. The van der Waals surface area contributed by atoms with Gasteiger partial charge in [-0.3, -0.25) is 0 Å². The summed E-state index contributed by atoms with van der Waals surface area (Å²) in [5.74, 6) is 0.239. The Bertz CT molecular complexity index is 486. The smallest absolute Gasteiger partial charge is 0.241 e. The molecule has 0 aliphatic carbocycles. The maximum atomic E-state index is 12.0. The van der Waals surface area contributed by atoms with Gasteiger partial charge in [-0.2, -0.15) is 0 Å². The minimum Gasteiger partial charge on any atom is -0.391 e. The predicted molar refractivity (Wildman–Crippen MR) is 74.0 cm³/mol. The molecule has 0 aliphatic rings. The van der Waals surface area contributed by atoms with Crippen molar-refractivity contribution in [3.05, 3.63) is 16.3 Å². The molecule has 0 spiro atoms. The fraction of sp³-hybridized carbons (Fsp3) is 0.667. The van der Waals surface area contributed by atoms with E-state index in [2.05, 4.69) is 25.5 Å². The Kier molecular flexibility index (Phi) is 4.94. The quantitative estimate of drug-likeness (QED) is 0.874. The molecule has 0 amide bonds. The van der Waals surface area contributed by atoms with E-state index < -0.39 is 10.0 Å². The number of rotatable bonds is 5. The van der Waals surface area contributed by atoms with Crippen LogP contribution in [0.25, 0.3) is 0 Å². The molecule has 6 heteroatoms. The molecule has 1 unspecified atom stereocenters. The first-order valence-corrected chi connectivity index (χ1v) is 8.21. The van der Waals surface area contributed by atoms with Crippen LogP contribution in [0.1, 0.15) is 32.6 Å². The molecular weight excluding hydrogens is 270 g/mol. The van der Waals surface area contributed by atoms with Crippen molar-refractivity contribution >= 4 is 21.4 Å². The Hall–Kier alpha value is -0.430. The summed E-state index contributed by atoms with van der Waals surface area (Å²) >= 11 is 1.25. The summed E-state index contributed by atoms with van der Waals surface area (Å²) in [4.78, 5) is 0.886. The number of nitrogens with one attached hydrogen (secondary N) is 1. The molecule has 18 heavy (non-hydrogen) atoms. The number of hydrogen-bond acceptors (Lipinski definition) is 4. The first-order valence-electron chi connectivity index (χ1n) is 5.85. The number of hydrogen-bond donors (Lipinski definition) is 2. The Morgan fingerprint density at radius 3 is 2.50 bits per heavy atom. The molecule has 1 aromatic rings. The van der Waals surface area contributed by atoms with Gasteiger partial charge >= 0.3 is 0 Å². The maximum Gasteiger partial charge on any atom is 0.241 e. The highest BCUT2D eigenvalue weighted by Crippen LogP contribution is 2.25. The summed E-state index contributed by atoms with van der Waals surface area (Å²) in [6, 6.07) is 1.51. The van der Waals surface area contributed by atoms with Crippen LogP contribution < -0.4 is 4.72 Å². The van der Waals surface area contributed by atoms with Crippen LogP contribution in [-0.2, 0) is 16.6 Å². The van der Waals surface area contributed by atoms with Crippen molar-refractivity contribution in [2.45, 2.75) is 39.2 Å². The fourth-order valence-electron chi connectivity index (χ4n) is 1.21. The second kappa shape index (κ2) is 5.69. The van der Waals surface area contributed by atoms with Crippen molar-refractivity contribution in [2.24, 2.45) is 11.3 Å². The molecule has 0 saturated heterocycles. The Morgan fingerprint density at radius 2 is 2.06 bits per heavy atom. The minimum atomic E-state index is -3.46. The third kappa shape index (κ3) is 4.05. The van der Waals surface area contributed by atoms with Gasteiger partial charge in [-0.25, -0.2) is 13.1 Å². The third-order valence-electron chi connectivity index (χ3n) is 3.15. The highest BCUT2D eigenvalue weighted by Gasteiger charge is 2.23. The first kappa shape index (κ1) is 15.6. The van der Waals surface area contributed by atoms with E-state index in [0.29, 0.717) is 11.4 Å². The van der Waals surface area contributed by atoms with Gasteiger partial charge in [0.25, 0.3) is 0 Å². The zero-order chi connectivity index (χ0) is 14.0. The lowest BCUT2D eigenvalue weighted by Crippen LogP contribution is -2.33. The molecular formula is C12H21NO3S2. The number of aliphatic hydroxyl groups excluding tert-OH is 1. The predicted octanol–water partition coefficient (Wildman–Crippen LogP) is 2.20. The van der Waals surface area contributed by atoms with E-state index in [9.17, 15) is 8.42 Å². The van der Waals surface area contributed by atoms with E-state index >= 15 is 0 Å². The summed E-state index contributed by atoms with van der Waals surface area (Å²) in [5.41, 5.74) is 0.0629. The maximum absolute atomic E-state index is 12.0. The van der Waals surface area contributed by atoms with Crippen molar-refractivity contribution in [1.82, 2.24) is 4.72 Å². The average Bonchev–Trinajstić information content (AvgIpc) is 2.73. The monoisotopic (exact) mass is 291 g/mol. The molecule has 0 fully saturated rings. The lowest BCUT2D eigenvalue weighted by atomic mass is 9.82. The zero-order valence-electron chi connectivity index (χ0n) is 11.2. The van der Waals surface area contributed by atoms with Gasteiger partial charge in [-0.15, -0.1) is 11.3 Å². The van der Waals surface area contributed by atoms with Gasteiger partial charge in [-0.05, 0) is 17.4 Å². The molecule has 1 rings (SSSR count). The Balaban J connectivity index is 2.71. The van der Waals surface area contributed by atoms with Crippen LogP contribution in [0.15, 0.2) is 16.3 Å². The minimum absolute atomic E-state index is 0.0629. The number of sulfonamides is 1. The van der Waals surface area contributed by atoms with E-state index in [0.717, 1.165) is 0 Å². The van der Waals surface area contributed by atoms with Crippen LogP contribution in [0.3, 0.4) is 0 Å². The van der Waals surface area contributed by atoms with Gasteiger partial charge in [0.2, 0.25) is 10.0 Å². The molecule has 1 aromatic heterocycles. The fourth-order valence-corrected chi connectivity index (χ4v) is 3.47. The largest absolute Gasteiger partial charge is 0.391 e. The topological polar surface area (TPSA) is 66.4 Å². The molecule has 0 bridgehead atoms. The summed E-state index contributed by atoms with van der Waals surface area (Å²) in [6.45, 7) is 8.56. The number of thiophene rings is 1.